The molecular formula is C17H27NO2. The van der Waals surface area contributed by atoms with Crippen molar-refractivity contribution in [3.8, 4) is 11.5 Å². The minimum absolute atomic E-state index is 0.0638. The van der Waals surface area contributed by atoms with E-state index < -0.39 is 0 Å². The molecule has 1 aromatic rings. The van der Waals surface area contributed by atoms with Crippen LogP contribution in [0.25, 0.3) is 0 Å². The maximum absolute atomic E-state index is 6.51. The highest BCUT2D eigenvalue weighted by Gasteiger charge is 2.29. The fourth-order valence-electron chi connectivity index (χ4n) is 3.21. The van der Waals surface area contributed by atoms with Crippen LogP contribution < -0.4 is 15.2 Å². The summed E-state index contributed by atoms with van der Waals surface area (Å²) in [6, 6.07) is 6.03. The van der Waals surface area contributed by atoms with E-state index in [1.807, 2.05) is 18.2 Å². The van der Waals surface area contributed by atoms with E-state index in [2.05, 4.69) is 13.8 Å². The Morgan fingerprint density at radius 3 is 2.10 bits per heavy atom. The number of hydrogen-bond acceptors (Lipinski definition) is 3. The smallest absolute Gasteiger partial charge is 0.122 e. The van der Waals surface area contributed by atoms with E-state index in [-0.39, 0.29) is 6.04 Å². The Morgan fingerprint density at radius 2 is 1.60 bits per heavy atom. The molecule has 4 atom stereocenters. The highest BCUT2D eigenvalue weighted by molar-refractivity contribution is 5.40. The van der Waals surface area contributed by atoms with Gasteiger partial charge in [-0.3, -0.25) is 0 Å². The van der Waals surface area contributed by atoms with Crippen molar-refractivity contribution in [2.45, 2.75) is 39.2 Å². The average Bonchev–Trinajstić information content (AvgIpc) is 2.48. The molecule has 0 heterocycles. The first kappa shape index (κ1) is 15.2. The zero-order chi connectivity index (χ0) is 14.7. The first-order valence-corrected chi connectivity index (χ1v) is 7.53. The first-order valence-electron chi connectivity index (χ1n) is 7.53. The monoisotopic (exact) mass is 277 g/mol. The molecule has 1 aliphatic carbocycles. The van der Waals surface area contributed by atoms with E-state index in [9.17, 15) is 0 Å². The summed E-state index contributed by atoms with van der Waals surface area (Å²) in [7, 11) is 3.35. The molecule has 1 saturated carbocycles. The van der Waals surface area contributed by atoms with Gasteiger partial charge in [-0.15, -0.1) is 0 Å². The van der Waals surface area contributed by atoms with Gasteiger partial charge in [-0.25, -0.2) is 0 Å². The van der Waals surface area contributed by atoms with Gasteiger partial charge in [0.15, 0.2) is 0 Å². The molecule has 0 spiro atoms. The van der Waals surface area contributed by atoms with Gasteiger partial charge in [0.25, 0.3) is 0 Å². The molecule has 20 heavy (non-hydrogen) atoms. The topological polar surface area (TPSA) is 44.5 Å². The minimum atomic E-state index is 0.0638. The van der Waals surface area contributed by atoms with Crippen LogP contribution in [0.4, 0.5) is 0 Å². The second-order valence-corrected chi connectivity index (χ2v) is 6.20. The van der Waals surface area contributed by atoms with Gasteiger partial charge in [0.05, 0.1) is 14.2 Å². The standard InChI is InChI=1S/C17H27NO2/c1-11-5-6-13(7-12(11)2)17(18)14-8-15(19-3)10-16(9-14)20-4/h8-13,17H,5-7,18H2,1-4H3. The zero-order valence-corrected chi connectivity index (χ0v) is 13.1. The van der Waals surface area contributed by atoms with Crippen LogP contribution in [0.2, 0.25) is 0 Å². The Morgan fingerprint density at radius 1 is 1.00 bits per heavy atom. The highest BCUT2D eigenvalue weighted by Crippen LogP contribution is 2.40. The van der Waals surface area contributed by atoms with Crippen molar-refractivity contribution >= 4 is 0 Å². The largest absolute Gasteiger partial charge is 0.497 e. The number of nitrogens with two attached hydrogens (primary N) is 1. The molecule has 112 valence electrons. The Hall–Kier alpha value is -1.22. The number of ether oxygens (including phenoxy) is 2. The molecule has 0 aliphatic heterocycles. The molecular weight excluding hydrogens is 250 g/mol. The second-order valence-electron chi connectivity index (χ2n) is 6.20. The summed E-state index contributed by atoms with van der Waals surface area (Å²) in [5, 5.41) is 0. The lowest BCUT2D eigenvalue weighted by atomic mass is 9.72. The van der Waals surface area contributed by atoms with Crippen molar-refractivity contribution in [3.63, 3.8) is 0 Å². The van der Waals surface area contributed by atoms with Crippen molar-refractivity contribution < 1.29 is 9.47 Å². The third-order valence-electron chi connectivity index (χ3n) is 4.91. The van der Waals surface area contributed by atoms with Crippen LogP contribution in [0.3, 0.4) is 0 Å². The summed E-state index contributed by atoms with van der Waals surface area (Å²) in [6.45, 7) is 4.69. The summed E-state index contributed by atoms with van der Waals surface area (Å²) < 4.78 is 10.7. The SMILES string of the molecule is COc1cc(OC)cc(C(N)C2CCC(C)C(C)C2)c1. The van der Waals surface area contributed by atoms with Crippen molar-refractivity contribution in [2.24, 2.45) is 23.5 Å². The minimum Gasteiger partial charge on any atom is -0.497 e. The summed E-state index contributed by atoms with van der Waals surface area (Å²) in [5.41, 5.74) is 7.63. The maximum atomic E-state index is 6.51. The highest BCUT2D eigenvalue weighted by atomic mass is 16.5. The molecule has 0 aromatic heterocycles. The lowest BCUT2D eigenvalue weighted by Gasteiger charge is -2.35. The van der Waals surface area contributed by atoms with Crippen molar-refractivity contribution in [1.82, 2.24) is 0 Å². The van der Waals surface area contributed by atoms with Crippen LogP contribution in [0, 0.1) is 17.8 Å². The van der Waals surface area contributed by atoms with Gasteiger partial charge in [0.2, 0.25) is 0 Å². The fourth-order valence-corrected chi connectivity index (χ4v) is 3.21. The maximum Gasteiger partial charge on any atom is 0.122 e. The third kappa shape index (κ3) is 3.26. The number of methoxy groups -OCH3 is 2. The summed E-state index contributed by atoms with van der Waals surface area (Å²) in [4.78, 5) is 0. The van der Waals surface area contributed by atoms with Crippen LogP contribution in [0.5, 0.6) is 11.5 Å². The Balaban J connectivity index is 2.17. The van der Waals surface area contributed by atoms with Crippen molar-refractivity contribution in [3.05, 3.63) is 23.8 Å². The second kappa shape index (κ2) is 6.49. The van der Waals surface area contributed by atoms with Gasteiger partial charge < -0.3 is 15.2 Å². The number of rotatable bonds is 4. The van der Waals surface area contributed by atoms with Gasteiger partial charge in [-0.05, 0) is 48.3 Å². The molecule has 4 unspecified atom stereocenters. The van der Waals surface area contributed by atoms with Gasteiger partial charge in [0.1, 0.15) is 11.5 Å². The van der Waals surface area contributed by atoms with E-state index in [0.717, 1.165) is 28.9 Å². The predicted octanol–water partition coefficient (Wildman–Crippen LogP) is 3.78. The molecule has 0 bridgehead atoms. The molecule has 2 rings (SSSR count). The fraction of sp³-hybridized carbons (Fsp3) is 0.647. The van der Waals surface area contributed by atoms with Crippen LogP contribution in [-0.4, -0.2) is 14.2 Å². The molecule has 1 aliphatic rings. The summed E-state index contributed by atoms with van der Waals surface area (Å²) in [6.07, 6.45) is 3.70. The summed E-state index contributed by atoms with van der Waals surface area (Å²) in [5.74, 6) is 3.75. The number of hydrogen-bond donors (Lipinski definition) is 1. The van der Waals surface area contributed by atoms with E-state index in [1.54, 1.807) is 14.2 Å². The third-order valence-corrected chi connectivity index (χ3v) is 4.91. The zero-order valence-electron chi connectivity index (χ0n) is 13.1. The molecule has 3 nitrogen and oxygen atoms in total. The van der Waals surface area contributed by atoms with Crippen LogP contribution in [0.1, 0.15) is 44.7 Å². The van der Waals surface area contributed by atoms with Gasteiger partial charge in [-0.2, -0.15) is 0 Å². The predicted molar refractivity (Wildman–Crippen MR) is 82.1 cm³/mol. The molecule has 0 saturated heterocycles. The first-order chi connectivity index (χ1) is 9.55. The molecule has 0 amide bonds. The van der Waals surface area contributed by atoms with Crippen LogP contribution in [-0.2, 0) is 0 Å². The van der Waals surface area contributed by atoms with Crippen molar-refractivity contribution in [1.29, 1.82) is 0 Å². The van der Waals surface area contributed by atoms with E-state index >= 15 is 0 Å². The molecule has 3 heteroatoms. The Labute approximate surface area is 122 Å². The van der Waals surface area contributed by atoms with Gasteiger partial charge >= 0.3 is 0 Å². The van der Waals surface area contributed by atoms with E-state index in [1.165, 1.54) is 19.3 Å². The molecule has 0 radical (unpaired) electrons. The van der Waals surface area contributed by atoms with E-state index in [0.29, 0.717) is 5.92 Å². The van der Waals surface area contributed by atoms with Crippen LogP contribution in [0.15, 0.2) is 18.2 Å². The molecule has 1 aromatic carbocycles. The molecule has 2 N–H and O–H groups in total. The Bertz CT molecular complexity index is 424. The van der Waals surface area contributed by atoms with Gasteiger partial charge in [-0.1, -0.05) is 20.3 Å². The van der Waals surface area contributed by atoms with Crippen LogP contribution >= 0.6 is 0 Å². The van der Waals surface area contributed by atoms with Crippen molar-refractivity contribution in [2.75, 3.05) is 14.2 Å². The number of benzene rings is 1. The van der Waals surface area contributed by atoms with E-state index in [4.69, 9.17) is 15.2 Å². The quantitative estimate of drug-likeness (QED) is 0.911. The molecule has 1 fully saturated rings. The van der Waals surface area contributed by atoms with Gasteiger partial charge in [0, 0.05) is 12.1 Å². The Kier molecular flexibility index (Phi) is 4.92. The lowest BCUT2D eigenvalue weighted by molar-refractivity contribution is 0.186. The lowest BCUT2D eigenvalue weighted by Crippen LogP contribution is -2.29. The normalized spacial score (nSPS) is 27.9. The average molecular weight is 277 g/mol. The summed E-state index contributed by atoms with van der Waals surface area (Å²) >= 11 is 0.